The van der Waals surface area contributed by atoms with E-state index in [0.717, 1.165) is 0 Å². The van der Waals surface area contributed by atoms with Crippen LogP contribution in [0.5, 0.6) is 0 Å². The average Bonchev–Trinajstić information content (AvgIpc) is 3.14. The molecule has 0 aromatic heterocycles. The minimum Gasteiger partial charge on any atom is -0.421 e. The van der Waals surface area contributed by atoms with Gasteiger partial charge in [0.05, 0.1) is 0 Å². The molecular formula is C19H18OSi. The number of hydrogen-bond acceptors (Lipinski definition) is 1. The molecule has 21 heavy (non-hydrogen) atoms. The molecule has 0 saturated heterocycles. The molecule has 0 aliphatic heterocycles. The zero-order valence-electron chi connectivity index (χ0n) is 12.1. The van der Waals surface area contributed by atoms with Crippen molar-refractivity contribution in [3.63, 3.8) is 0 Å². The normalized spacial score (nSPS) is 23.1. The molecule has 2 aromatic carbocycles. The van der Waals surface area contributed by atoms with Crippen LogP contribution in [0.15, 0.2) is 60.7 Å². The second kappa shape index (κ2) is 5.13. The fourth-order valence-electron chi connectivity index (χ4n) is 3.64. The van der Waals surface area contributed by atoms with Gasteiger partial charge in [-0.25, -0.2) is 0 Å². The standard InChI is InChI=1S/C19H18OSi/c1-20-21(18-12-10-14-6-2-4-8-16(14)18)19-13-11-15-7-3-5-9-17(15)19/h2-13,18-19,21H,1H3. The first-order valence-corrected chi connectivity index (χ1v) is 9.26. The molecular weight excluding hydrogens is 272 g/mol. The highest BCUT2D eigenvalue weighted by Gasteiger charge is 2.36. The van der Waals surface area contributed by atoms with Crippen molar-refractivity contribution in [3.8, 4) is 0 Å². The van der Waals surface area contributed by atoms with Crippen LogP contribution in [0.3, 0.4) is 0 Å². The van der Waals surface area contributed by atoms with Crippen molar-refractivity contribution >= 4 is 21.2 Å². The largest absolute Gasteiger partial charge is 0.421 e. The van der Waals surface area contributed by atoms with Gasteiger partial charge in [0.15, 0.2) is 9.04 Å². The second-order valence-electron chi connectivity index (χ2n) is 5.73. The lowest BCUT2D eigenvalue weighted by Crippen LogP contribution is -2.31. The zero-order chi connectivity index (χ0) is 14.2. The molecule has 0 spiro atoms. The Morgan fingerprint density at radius 3 is 1.71 bits per heavy atom. The molecule has 0 heterocycles. The van der Waals surface area contributed by atoms with E-state index in [1.807, 2.05) is 7.11 Å². The van der Waals surface area contributed by atoms with Crippen LogP contribution in [0.4, 0.5) is 0 Å². The highest BCUT2D eigenvalue weighted by Crippen LogP contribution is 2.40. The van der Waals surface area contributed by atoms with E-state index >= 15 is 0 Å². The van der Waals surface area contributed by atoms with Crippen molar-refractivity contribution in [2.75, 3.05) is 7.11 Å². The molecule has 0 bridgehead atoms. The second-order valence-corrected chi connectivity index (χ2v) is 8.57. The summed E-state index contributed by atoms with van der Waals surface area (Å²) < 4.78 is 6.07. The summed E-state index contributed by atoms with van der Waals surface area (Å²) in [7, 11) is 0.424. The van der Waals surface area contributed by atoms with Crippen molar-refractivity contribution in [2.24, 2.45) is 0 Å². The molecule has 0 N–H and O–H groups in total. The molecule has 0 radical (unpaired) electrons. The van der Waals surface area contributed by atoms with E-state index in [2.05, 4.69) is 72.8 Å². The summed E-state index contributed by atoms with van der Waals surface area (Å²) in [6.45, 7) is 0. The van der Waals surface area contributed by atoms with Gasteiger partial charge < -0.3 is 4.43 Å². The summed E-state index contributed by atoms with van der Waals surface area (Å²) in [6, 6.07) is 17.4. The number of allylic oxidation sites excluding steroid dienone is 2. The van der Waals surface area contributed by atoms with E-state index in [-0.39, 0.29) is 0 Å². The summed E-state index contributed by atoms with van der Waals surface area (Å²) in [5.74, 6) is 0. The Labute approximate surface area is 127 Å². The van der Waals surface area contributed by atoms with Gasteiger partial charge in [-0.3, -0.25) is 0 Å². The van der Waals surface area contributed by atoms with Crippen LogP contribution in [-0.2, 0) is 4.43 Å². The number of rotatable bonds is 3. The Morgan fingerprint density at radius 1 is 0.762 bits per heavy atom. The molecule has 0 fully saturated rings. The van der Waals surface area contributed by atoms with Gasteiger partial charge in [0.25, 0.3) is 0 Å². The van der Waals surface area contributed by atoms with E-state index in [0.29, 0.717) is 11.1 Å². The number of hydrogen-bond donors (Lipinski definition) is 0. The quantitative estimate of drug-likeness (QED) is 0.775. The van der Waals surface area contributed by atoms with Gasteiger partial charge in [0.2, 0.25) is 0 Å². The lowest BCUT2D eigenvalue weighted by Gasteiger charge is -2.26. The van der Waals surface area contributed by atoms with Gasteiger partial charge in [-0.1, -0.05) is 72.8 Å². The molecule has 4 rings (SSSR count). The lowest BCUT2D eigenvalue weighted by atomic mass is 10.1. The number of fused-ring (bicyclic) bond motifs is 2. The van der Waals surface area contributed by atoms with Crippen LogP contribution in [0, 0.1) is 0 Å². The van der Waals surface area contributed by atoms with Gasteiger partial charge in [-0.05, 0) is 22.3 Å². The third-order valence-corrected chi connectivity index (χ3v) is 7.78. The molecule has 2 unspecified atom stereocenters. The lowest BCUT2D eigenvalue weighted by molar-refractivity contribution is 0.408. The highest BCUT2D eigenvalue weighted by molar-refractivity contribution is 6.57. The van der Waals surface area contributed by atoms with E-state index in [4.69, 9.17) is 4.43 Å². The Morgan fingerprint density at radius 2 is 1.24 bits per heavy atom. The van der Waals surface area contributed by atoms with Crippen LogP contribution in [-0.4, -0.2) is 16.2 Å². The molecule has 104 valence electrons. The summed E-state index contributed by atoms with van der Waals surface area (Å²) in [4.78, 5) is 0. The van der Waals surface area contributed by atoms with Gasteiger partial charge in [0.1, 0.15) is 0 Å². The van der Waals surface area contributed by atoms with Gasteiger partial charge in [0, 0.05) is 18.2 Å². The van der Waals surface area contributed by atoms with Gasteiger partial charge in [-0.2, -0.15) is 0 Å². The third kappa shape index (κ3) is 2.03. The maximum absolute atomic E-state index is 6.07. The smallest absolute Gasteiger partial charge is 0.198 e. The molecule has 2 aliphatic carbocycles. The van der Waals surface area contributed by atoms with Crippen LogP contribution < -0.4 is 0 Å². The van der Waals surface area contributed by atoms with E-state index in [9.17, 15) is 0 Å². The third-order valence-electron chi connectivity index (χ3n) is 4.66. The van der Waals surface area contributed by atoms with Crippen molar-refractivity contribution in [3.05, 3.63) is 82.9 Å². The van der Waals surface area contributed by atoms with Crippen molar-refractivity contribution in [1.29, 1.82) is 0 Å². The van der Waals surface area contributed by atoms with E-state index in [1.165, 1.54) is 22.3 Å². The SMILES string of the molecule is CO[SiH](C1C=Cc2ccccc21)C1C=Cc2ccccc21. The highest BCUT2D eigenvalue weighted by atomic mass is 28.3. The molecule has 1 nitrogen and oxygen atoms in total. The molecule has 2 aliphatic rings. The first-order valence-electron chi connectivity index (χ1n) is 7.45. The first kappa shape index (κ1) is 12.8. The Balaban J connectivity index is 1.72. The average molecular weight is 290 g/mol. The van der Waals surface area contributed by atoms with Crippen molar-refractivity contribution in [2.45, 2.75) is 11.1 Å². The fraction of sp³-hybridized carbons (Fsp3) is 0.158. The van der Waals surface area contributed by atoms with Gasteiger partial charge >= 0.3 is 0 Å². The predicted octanol–water partition coefficient (Wildman–Crippen LogP) is 4.06. The zero-order valence-corrected chi connectivity index (χ0v) is 13.2. The Hall–Kier alpha value is -1.90. The first-order chi connectivity index (χ1) is 10.4. The topological polar surface area (TPSA) is 9.23 Å². The number of benzene rings is 2. The van der Waals surface area contributed by atoms with Crippen LogP contribution >= 0.6 is 0 Å². The van der Waals surface area contributed by atoms with Crippen molar-refractivity contribution in [1.82, 2.24) is 0 Å². The fourth-order valence-corrected chi connectivity index (χ4v) is 6.65. The minimum atomic E-state index is -1.47. The Bertz CT molecular complexity index is 670. The molecule has 0 saturated carbocycles. The van der Waals surface area contributed by atoms with Crippen LogP contribution in [0.25, 0.3) is 12.2 Å². The van der Waals surface area contributed by atoms with Crippen LogP contribution in [0.1, 0.15) is 33.3 Å². The summed E-state index contributed by atoms with van der Waals surface area (Å²) in [6.07, 6.45) is 9.20. The molecule has 2 aromatic rings. The molecule has 2 heteroatoms. The maximum Gasteiger partial charge on any atom is 0.198 e. The monoisotopic (exact) mass is 290 g/mol. The minimum absolute atomic E-state index is 0.465. The maximum atomic E-state index is 6.07. The van der Waals surface area contributed by atoms with E-state index in [1.54, 1.807) is 0 Å². The summed E-state index contributed by atoms with van der Waals surface area (Å²) in [5, 5.41) is 0. The molecule has 2 atom stereocenters. The van der Waals surface area contributed by atoms with Crippen molar-refractivity contribution < 1.29 is 4.43 Å². The Kier molecular flexibility index (Phi) is 3.13. The van der Waals surface area contributed by atoms with Gasteiger partial charge in [-0.15, -0.1) is 0 Å². The predicted molar refractivity (Wildman–Crippen MR) is 90.6 cm³/mol. The summed E-state index contributed by atoms with van der Waals surface area (Å²) >= 11 is 0. The molecule has 0 amide bonds. The van der Waals surface area contributed by atoms with E-state index < -0.39 is 9.04 Å². The van der Waals surface area contributed by atoms with Crippen LogP contribution in [0.2, 0.25) is 0 Å². The summed E-state index contributed by atoms with van der Waals surface area (Å²) in [5.41, 5.74) is 6.52.